The van der Waals surface area contributed by atoms with Crippen molar-refractivity contribution in [2.24, 2.45) is 5.41 Å². The standard InChI is InChI=1S/C19H38N2O/c1-5-6-15-21(18(22)17-19(2,3)4)16-9-7-8-12-20-13-10-11-14-20/h5-17H2,1-4H3. The Hall–Kier alpha value is -0.570. The average molecular weight is 311 g/mol. The van der Waals surface area contributed by atoms with Gasteiger partial charge in [-0.2, -0.15) is 0 Å². The van der Waals surface area contributed by atoms with Gasteiger partial charge >= 0.3 is 0 Å². The molecule has 0 unspecified atom stereocenters. The van der Waals surface area contributed by atoms with Gasteiger partial charge in [0.25, 0.3) is 0 Å². The summed E-state index contributed by atoms with van der Waals surface area (Å²) in [5.41, 5.74) is 0.0945. The monoisotopic (exact) mass is 310 g/mol. The van der Waals surface area contributed by atoms with Gasteiger partial charge in [-0.15, -0.1) is 0 Å². The molecular weight excluding hydrogens is 272 g/mol. The molecule has 0 aliphatic carbocycles. The van der Waals surface area contributed by atoms with Gasteiger partial charge in [0.05, 0.1) is 0 Å². The Kier molecular flexibility index (Phi) is 9.08. The number of likely N-dealkylation sites (tertiary alicyclic amines) is 1. The minimum absolute atomic E-state index is 0.0945. The molecule has 1 saturated heterocycles. The van der Waals surface area contributed by atoms with Crippen LogP contribution in [-0.2, 0) is 4.79 Å². The maximum atomic E-state index is 12.5. The molecule has 3 heteroatoms. The molecule has 0 bridgehead atoms. The summed E-state index contributed by atoms with van der Waals surface area (Å²) in [6.45, 7) is 14.4. The summed E-state index contributed by atoms with van der Waals surface area (Å²) in [5, 5.41) is 0. The molecule has 22 heavy (non-hydrogen) atoms. The molecule has 0 saturated carbocycles. The molecule has 3 nitrogen and oxygen atoms in total. The van der Waals surface area contributed by atoms with Crippen LogP contribution in [0.1, 0.15) is 79.1 Å². The minimum atomic E-state index is 0.0945. The highest BCUT2D eigenvalue weighted by molar-refractivity contribution is 5.76. The highest BCUT2D eigenvalue weighted by Crippen LogP contribution is 2.20. The van der Waals surface area contributed by atoms with E-state index in [0.717, 1.165) is 32.4 Å². The first kappa shape index (κ1) is 19.5. The number of hydrogen-bond donors (Lipinski definition) is 0. The second-order valence-electron chi connectivity index (χ2n) is 8.08. The first-order valence-electron chi connectivity index (χ1n) is 9.42. The van der Waals surface area contributed by atoms with Crippen LogP contribution < -0.4 is 0 Å². The van der Waals surface area contributed by atoms with Crippen LogP contribution in [0.5, 0.6) is 0 Å². The highest BCUT2D eigenvalue weighted by Gasteiger charge is 2.20. The zero-order chi connectivity index (χ0) is 16.4. The van der Waals surface area contributed by atoms with Crippen LogP contribution in [0.4, 0.5) is 0 Å². The van der Waals surface area contributed by atoms with Gasteiger partial charge in [-0.25, -0.2) is 0 Å². The Morgan fingerprint density at radius 3 is 2.23 bits per heavy atom. The lowest BCUT2D eigenvalue weighted by atomic mass is 9.91. The van der Waals surface area contributed by atoms with E-state index in [1.165, 1.54) is 45.3 Å². The molecule has 1 aliphatic rings. The van der Waals surface area contributed by atoms with Gasteiger partial charge in [0.1, 0.15) is 0 Å². The number of carbonyl (C=O) groups excluding carboxylic acids is 1. The summed E-state index contributed by atoms with van der Waals surface area (Å²) >= 11 is 0. The molecule has 1 heterocycles. The van der Waals surface area contributed by atoms with E-state index >= 15 is 0 Å². The van der Waals surface area contributed by atoms with E-state index in [9.17, 15) is 4.79 Å². The predicted octanol–water partition coefficient (Wildman–Crippen LogP) is 4.32. The maximum Gasteiger partial charge on any atom is 0.223 e. The second-order valence-corrected chi connectivity index (χ2v) is 8.08. The Bertz CT molecular complexity index is 303. The third-order valence-electron chi connectivity index (χ3n) is 4.42. The van der Waals surface area contributed by atoms with Crippen LogP contribution >= 0.6 is 0 Å². The summed E-state index contributed by atoms with van der Waals surface area (Å²) in [7, 11) is 0. The normalized spacial score (nSPS) is 16.2. The van der Waals surface area contributed by atoms with Gasteiger partial charge in [-0.05, 0) is 57.2 Å². The molecular formula is C19H38N2O. The second kappa shape index (κ2) is 10.3. The molecule has 1 rings (SSSR count). The summed E-state index contributed by atoms with van der Waals surface area (Å²) in [4.78, 5) is 17.2. The number of hydrogen-bond acceptors (Lipinski definition) is 2. The van der Waals surface area contributed by atoms with Crippen LogP contribution in [0.25, 0.3) is 0 Å². The van der Waals surface area contributed by atoms with Crippen molar-refractivity contribution in [2.45, 2.75) is 79.1 Å². The van der Waals surface area contributed by atoms with Crippen molar-refractivity contribution < 1.29 is 4.79 Å². The van der Waals surface area contributed by atoms with Gasteiger partial charge < -0.3 is 9.80 Å². The molecule has 130 valence electrons. The van der Waals surface area contributed by atoms with Crippen LogP contribution in [0.15, 0.2) is 0 Å². The lowest BCUT2D eigenvalue weighted by molar-refractivity contribution is -0.133. The largest absolute Gasteiger partial charge is 0.343 e. The van der Waals surface area contributed by atoms with E-state index in [1.54, 1.807) is 0 Å². The van der Waals surface area contributed by atoms with Crippen molar-refractivity contribution in [3.05, 3.63) is 0 Å². The van der Waals surface area contributed by atoms with Crippen LogP contribution in [0.2, 0.25) is 0 Å². The first-order chi connectivity index (χ1) is 10.4. The minimum Gasteiger partial charge on any atom is -0.343 e. The van der Waals surface area contributed by atoms with E-state index in [4.69, 9.17) is 0 Å². The van der Waals surface area contributed by atoms with Gasteiger partial charge in [0.15, 0.2) is 0 Å². The molecule has 0 spiro atoms. The van der Waals surface area contributed by atoms with E-state index in [1.807, 2.05) is 0 Å². The molecule has 1 aliphatic heterocycles. The predicted molar refractivity (Wildman–Crippen MR) is 95.1 cm³/mol. The fourth-order valence-electron chi connectivity index (χ4n) is 3.10. The number of unbranched alkanes of at least 4 members (excludes halogenated alkanes) is 3. The number of carbonyl (C=O) groups is 1. The number of amides is 1. The molecule has 0 atom stereocenters. The lowest BCUT2D eigenvalue weighted by Gasteiger charge is -2.27. The Morgan fingerprint density at radius 2 is 1.64 bits per heavy atom. The Balaban J connectivity index is 2.23. The summed E-state index contributed by atoms with van der Waals surface area (Å²) < 4.78 is 0. The fourth-order valence-corrected chi connectivity index (χ4v) is 3.10. The van der Waals surface area contributed by atoms with Gasteiger partial charge in [0, 0.05) is 19.5 Å². The molecule has 0 aromatic heterocycles. The SMILES string of the molecule is CCCCN(CCCCCN1CCCC1)C(=O)CC(C)(C)C. The molecule has 0 N–H and O–H groups in total. The quantitative estimate of drug-likeness (QED) is 0.561. The topological polar surface area (TPSA) is 23.6 Å². The van der Waals surface area contributed by atoms with E-state index in [0.29, 0.717) is 12.3 Å². The van der Waals surface area contributed by atoms with E-state index < -0.39 is 0 Å². The number of rotatable bonds is 10. The molecule has 1 fully saturated rings. The van der Waals surface area contributed by atoms with Crippen molar-refractivity contribution in [3.63, 3.8) is 0 Å². The molecule has 0 aromatic rings. The lowest BCUT2D eigenvalue weighted by Crippen LogP contribution is -2.35. The molecule has 0 radical (unpaired) electrons. The maximum absolute atomic E-state index is 12.5. The smallest absolute Gasteiger partial charge is 0.223 e. The number of nitrogens with zero attached hydrogens (tertiary/aromatic N) is 2. The van der Waals surface area contributed by atoms with Crippen molar-refractivity contribution in [2.75, 3.05) is 32.7 Å². The van der Waals surface area contributed by atoms with E-state index in [-0.39, 0.29) is 5.41 Å². The zero-order valence-corrected chi connectivity index (χ0v) is 15.5. The fraction of sp³-hybridized carbons (Fsp3) is 0.947. The molecule has 1 amide bonds. The van der Waals surface area contributed by atoms with Gasteiger partial charge in [-0.3, -0.25) is 4.79 Å². The van der Waals surface area contributed by atoms with Crippen LogP contribution in [0, 0.1) is 5.41 Å². The Morgan fingerprint density at radius 1 is 1.00 bits per heavy atom. The highest BCUT2D eigenvalue weighted by atomic mass is 16.2. The van der Waals surface area contributed by atoms with Crippen LogP contribution in [0.3, 0.4) is 0 Å². The van der Waals surface area contributed by atoms with Crippen molar-refractivity contribution in [1.29, 1.82) is 0 Å². The summed E-state index contributed by atoms with van der Waals surface area (Å²) in [5.74, 6) is 0.348. The van der Waals surface area contributed by atoms with Gasteiger partial charge in [-0.1, -0.05) is 40.5 Å². The zero-order valence-electron chi connectivity index (χ0n) is 15.5. The van der Waals surface area contributed by atoms with Crippen molar-refractivity contribution in [1.82, 2.24) is 9.80 Å². The third kappa shape index (κ3) is 8.77. The third-order valence-corrected chi connectivity index (χ3v) is 4.42. The summed E-state index contributed by atoms with van der Waals surface area (Å²) in [6, 6.07) is 0. The van der Waals surface area contributed by atoms with Gasteiger partial charge in [0.2, 0.25) is 5.91 Å². The Labute approximate surface area is 138 Å². The van der Waals surface area contributed by atoms with Crippen molar-refractivity contribution >= 4 is 5.91 Å². The average Bonchev–Trinajstić information content (AvgIpc) is 2.93. The van der Waals surface area contributed by atoms with Crippen LogP contribution in [-0.4, -0.2) is 48.4 Å². The summed E-state index contributed by atoms with van der Waals surface area (Å²) in [6.07, 6.45) is 9.42. The first-order valence-corrected chi connectivity index (χ1v) is 9.42. The van der Waals surface area contributed by atoms with Crippen molar-refractivity contribution in [3.8, 4) is 0 Å². The molecule has 0 aromatic carbocycles. The van der Waals surface area contributed by atoms with E-state index in [2.05, 4.69) is 37.5 Å².